The Morgan fingerprint density at radius 3 is 2.33 bits per heavy atom. The molecule has 1 amide bonds. The maximum Gasteiger partial charge on any atom is 0.232 e. The molecule has 0 spiro atoms. The SMILES string of the molecule is CCN(CC)C(=O)CSc1ccc(CNCC(C)C)cc1. The van der Waals surface area contributed by atoms with Gasteiger partial charge >= 0.3 is 0 Å². The Morgan fingerprint density at radius 2 is 1.81 bits per heavy atom. The molecule has 0 fully saturated rings. The van der Waals surface area contributed by atoms with Crippen LogP contribution in [0.3, 0.4) is 0 Å². The molecule has 0 saturated heterocycles. The number of amides is 1. The van der Waals surface area contributed by atoms with Crippen LogP contribution >= 0.6 is 11.8 Å². The van der Waals surface area contributed by atoms with Crippen molar-refractivity contribution in [2.75, 3.05) is 25.4 Å². The number of hydrogen-bond acceptors (Lipinski definition) is 3. The Kier molecular flexibility index (Phi) is 8.47. The molecular formula is C17H28N2OS. The minimum absolute atomic E-state index is 0.215. The van der Waals surface area contributed by atoms with Gasteiger partial charge in [-0.2, -0.15) is 0 Å². The summed E-state index contributed by atoms with van der Waals surface area (Å²) in [6, 6.07) is 8.48. The highest BCUT2D eigenvalue weighted by Crippen LogP contribution is 2.19. The first-order valence-electron chi connectivity index (χ1n) is 7.77. The summed E-state index contributed by atoms with van der Waals surface area (Å²) in [4.78, 5) is 15.0. The summed E-state index contributed by atoms with van der Waals surface area (Å²) in [6.45, 7) is 12.0. The number of thioether (sulfide) groups is 1. The van der Waals surface area contributed by atoms with Crippen LogP contribution in [-0.2, 0) is 11.3 Å². The van der Waals surface area contributed by atoms with Gasteiger partial charge in [-0.3, -0.25) is 4.79 Å². The second-order valence-electron chi connectivity index (χ2n) is 5.52. The minimum Gasteiger partial charge on any atom is -0.343 e. The van der Waals surface area contributed by atoms with Gasteiger partial charge < -0.3 is 10.2 Å². The quantitative estimate of drug-likeness (QED) is 0.710. The Hall–Kier alpha value is -1.00. The lowest BCUT2D eigenvalue weighted by molar-refractivity contribution is -0.127. The van der Waals surface area contributed by atoms with E-state index >= 15 is 0 Å². The normalized spacial score (nSPS) is 10.9. The number of benzene rings is 1. The zero-order valence-corrected chi connectivity index (χ0v) is 14.5. The second-order valence-corrected chi connectivity index (χ2v) is 6.57. The van der Waals surface area contributed by atoms with Crippen molar-refractivity contribution in [3.8, 4) is 0 Å². The van der Waals surface area contributed by atoms with Gasteiger partial charge in [0.05, 0.1) is 5.75 Å². The fourth-order valence-electron chi connectivity index (χ4n) is 2.02. The van der Waals surface area contributed by atoms with E-state index in [1.807, 2.05) is 18.7 Å². The molecule has 0 aromatic heterocycles. The lowest BCUT2D eigenvalue weighted by atomic mass is 10.2. The number of rotatable bonds is 9. The zero-order chi connectivity index (χ0) is 15.7. The van der Waals surface area contributed by atoms with Gasteiger partial charge in [-0.1, -0.05) is 26.0 Å². The van der Waals surface area contributed by atoms with Gasteiger partial charge in [-0.05, 0) is 44.0 Å². The first-order valence-corrected chi connectivity index (χ1v) is 8.75. The van der Waals surface area contributed by atoms with Crippen molar-refractivity contribution in [2.45, 2.75) is 39.1 Å². The summed E-state index contributed by atoms with van der Waals surface area (Å²) >= 11 is 1.61. The van der Waals surface area contributed by atoms with Crippen LogP contribution in [0.2, 0.25) is 0 Å². The molecule has 0 radical (unpaired) electrons. The number of carbonyl (C=O) groups is 1. The third-order valence-corrected chi connectivity index (χ3v) is 4.28. The highest BCUT2D eigenvalue weighted by Gasteiger charge is 2.09. The summed E-state index contributed by atoms with van der Waals surface area (Å²) in [7, 11) is 0. The molecule has 0 saturated carbocycles. The van der Waals surface area contributed by atoms with Crippen molar-refractivity contribution in [3.63, 3.8) is 0 Å². The monoisotopic (exact) mass is 308 g/mol. The minimum atomic E-state index is 0.215. The first kappa shape index (κ1) is 18.1. The van der Waals surface area contributed by atoms with Gasteiger partial charge in [0.15, 0.2) is 0 Å². The van der Waals surface area contributed by atoms with Crippen molar-refractivity contribution in [1.29, 1.82) is 0 Å². The van der Waals surface area contributed by atoms with Gasteiger partial charge in [0.2, 0.25) is 5.91 Å². The van der Waals surface area contributed by atoms with E-state index in [9.17, 15) is 4.79 Å². The van der Waals surface area contributed by atoms with Gasteiger partial charge in [0.25, 0.3) is 0 Å². The molecule has 0 atom stereocenters. The highest BCUT2D eigenvalue weighted by molar-refractivity contribution is 8.00. The van der Waals surface area contributed by atoms with Crippen molar-refractivity contribution in [3.05, 3.63) is 29.8 Å². The standard InChI is InChI=1S/C17H28N2OS/c1-5-19(6-2)17(20)13-21-16-9-7-15(8-10-16)12-18-11-14(3)4/h7-10,14,18H,5-6,11-13H2,1-4H3. The molecule has 1 N–H and O–H groups in total. The molecular weight excluding hydrogens is 280 g/mol. The lowest BCUT2D eigenvalue weighted by Crippen LogP contribution is -2.31. The largest absolute Gasteiger partial charge is 0.343 e. The summed E-state index contributed by atoms with van der Waals surface area (Å²) < 4.78 is 0. The summed E-state index contributed by atoms with van der Waals surface area (Å²) in [5.41, 5.74) is 1.29. The molecule has 21 heavy (non-hydrogen) atoms. The fourth-order valence-corrected chi connectivity index (χ4v) is 2.82. The van der Waals surface area contributed by atoms with Crippen molar-refractivity contribution < 1.29 is 4.79 Å². The lowest BCUT2D eigenvalue weighted by Gasteiger charge is -2.18. The molecule has 1 rings (SSSR count). The van der Waals surface area contributed by atoms with E-state index in [-0.39, 0.29) is 5.91 Å². The topological polar surface area (TPSA) is 32.3 Å². The summed E-state index contributed by atoms with van der Waals surface area (Å²) in [6.07, 6.45) is 0. The molecule has 1 aromatic carbocycles. The molecule has 0 aliphatic heterocycles. The van der Waals surface area contributed by atoms with Crippen molar-refractivity contribution in [2.24, 2.45) is 5.92 Å². The van der Waals surface area contributed by atoms with Gasteiger partial charge in [0.1, 0.15) is 0 Å². The van der Waals surface area contributed by atoms with Gasteiger partial charge in [-0.15, -0.1) is 11.8 Å². The van der Waals surface area contributed by atoms with E-state index in [1.54, 1.807) is 11.8 Å². The Bertz CT molecular complexity index is 413. The van der Waals surface area contributed by atoms with E-state index in [2.05, 4.69) is 43.4 Å². The molecule has 0 unspecified atom stereocenters. The second kappa shape index (κ2) is 9.85. The number of nitrogens with one attached hydrogen (secondary N) is 1. The average molecular weight is 308 g/mol. The van der Waals surface area contributed by atoms with E-state index in [1.165, 1.54) is 5.56 Å². The predicted molar refractivity (Wildman–Crippen MR) is 91.6 cm³/mol. The zero-order valence-electron chi connectivity index (χ0n) is 13.7. The van der Waals surface area contributed by atoms with E-state index in [0.717, 1.165) is 31.1 Å². The van der Waals surface area contributed by atoms with Crippen LogP contribution in [0.1, 0.15) is 33.3 Å². The fraction of sp³-hybridized carbons (Fsp3) is 0.588. The van der Waals surface area contributed by atoms with E-state index < -0.39 is 0 Å². The molecule has 0 aliphatic carbocycles. The van der Waals surface area contributed by atoms with Crippen LogP contribution in [-0.4, -0.2) is 36.2 Å². The van der Waals surface area contributed by atoms with E-state index in [0.29, 0.717) is 11.7 Å². The van der Waals surface area contributed by atoms with Crippen LogP contribution in [0, 0.1) is 5.92 Å². The molecule has 1 aromatic rings. The molecule has 118 valence electrons. The summed E-state index contributed by atoms with van der Waals surface area (Å²) in [5, 5.41) is 3.43. The maximum atomic E-state index is 11.9. The molecule has 0 bridgehead atoms. The van der Waals surface area contributed by atoms with Crippen LogP contribution in [0.5, 0.6) is 0 Å². The van der Waals surface area contributed by atoms with E-state index in [4.69, 9.17) is 0 Å². The number of hydrogen-bond donors (Lipinski definition) is 1. The summed E-state index contributed by atoms with van der Waals surface area (Å²) in [5.74, 6) is 1.41. The first-order chi connectivity index (χ1) is 10.1. The van der Waals surface area contributed by atoms with Crippen LogP contribution in [0.25, 0.3) is 0 Å². The Balaban J connectivity index is 2.39. The predicted octanol–water partition coefficient (Wildman–Crippen LogP) is 3.39. The van der Waals surface area contributed by atoms with Crippen LogP contribution in [0.4, 0.5) is 0 Å². The number of carbonyl (C=O) groups excluding carboxylic acids is 1. The maximum absolute atomic E-state index is 11.9. The molecule has 4 heteroatoms. The average Bonchev–Trinajstić information content (AvgIpc) is 2.47. The third-order valence-electron chi connectivity index (χ3n) is 3.28. The smallest absolute Gasteiger partial charge is 0.232 e. The molecule has 0 heterocycles. The highest BCUT2D eigenvalue weighted by atomic mass is 32.2. The van der Waals surface area contributed by atoms with Crippen molar-refractivity contribution >= 4 is 17.7 Å². The van der Waals surface area contributed by atoms with Gasteiger partial charge in [0, 0.05) is 24.5 Å². The Labute approximate surface area is 133 Å². The Morgan fingerprint density at radius 1 is 1.19 bits per heavy atom. The van der Waals surface area contributed by atoms with Crippen LogP contribution in [0.15, 0.2) is 29.2 Å². The number of nitrogens with zero attached hydrogens (tertiary/aromatic N) is 1. The van der Waals surface area contributed by atoms with Gasteiger partial charge in [-0.25, -0.2) is 0 Å². The molecule has 3 nitrogen and oxygen atoms in total. The van der Waals surface area contributed by atoms with Crippen LogP contribution < -0.4 is 5.32 Å². The van der Waals surface area contributed by atoms with Crippen molar-refractivity contribution in [1.82, 2.24) is 10.2 Å². The molecule has 0 aliphatic rings. The third kappa shape index (κ3) is 7.00.